The summed E-state index contributed by atoms with van der Waals surface area (Å²) in [5, 5.41) is 2.64. The summed E-state index contributed by atoms with van der Waals surface area (Å²) >= 11 is 0. The third kappa shape index (κ3) is 5.60. The van der Waals surface area contributed by atoms with Gasteiger partial charge in [-0.3, -0.25) is 4.79 Å². The molecule has 19 heavy (non-hydrogen) atoms. The van der Waals surface area contributed by atoms with Crippen LogP contribution in [-0.2, 0) is 9.53 Å². The zero-order valence-electron chi connectivity index (χ0n) is 10.5. The van der Waals surface area contributed by atoms with E-state index in [-0.39, 0.29) is 24.3 Å². The molecular formula is C12H14F3NO3. The van der Waals surface area contributed by atoms with Crippen LogP contribution in [-0.4, -0.2) is 26.0 Å². The van der Waals surface area contributed by atoms with Crippen molar-refractivity contribution in [2.75, 3.05) is 13.7 Å². The molecule has 0 heterocycles. The highest BCUT2D eigenvalue weighted by molar-refractivity contribution is 5.77. The van der Waals surface area contributed by atoms with E-state index in [9.17, 15) is 18.0 Å². The molecule has 1 amide bonds. The van der Waals surface area contributed by atoms with E-state index in [2.05, 4.69) is 14.8 Å². The molecule has 1 atom stereocenters. The first-order chi connectivity index (χ1) is 8.81. The Morgan fingerprint density at radius 1 is 1.32 bits per heavy atom. The van der Waals surface area contributed by atoms with Crippen molar-refractivity contribution in [2.24, 2.45) is 0 Å². The molecule has 0 radical (unpaired) electrons. The Labute approximate surface area is 108 Å². The standard InChI is InChI=1S/C12H14F3NO3/c1-8(16-11(17)7-18-2)9-3-5-10(6-4-9)19-12(13,14)15/h3-6,8H,7H2,1-2H3,(H,16,17). The quantitative estimate of drug-likeness (QED) is 0.899. The number of alkyl halides is 3. The maximum Gasteiger partial charge on any atom is 0.573 e. The van der Waals surface area contributed by atoms with Crippen LogP contribution < -0.4 is 10.1 Å². The minimum Gasteiger partial charge on any atom is -0.406 e. The first-order valence-corrected chi connectivity index (χ1v) is 5.46. The number of rotatable bonds is 5. The highest BCUT2D eigenvalue weighted by Crippen LogP contribution is 2.24. The summed E-state index contributed by atoms with van der Waals surface area (Å²) in [6.45, 7) is 1.65. The topological polar surface area (TPSA) is 47.6 Å². The van der Waals surface area contributed by atoms with Crippen molar-refractivity contribution >= 4 is 5.91 Å². The van der Waals surface area contributed by atoms with E-state index in [1.807, 2.05) is 0 Å². The molecule has 0 bridgehead atoms. The van der Waals surface area contributed by atoms with Crippen LogP contribution in [0, 0.1) is 0 Å². The Morgan fingerprint density at radius 3 is 2.37 bits per heavy atom. The number of benzene rings is 1. The van der Waals surface area contributed by atoms with Gasteiger partial charge in [0.15, 0.2) is 0 Å². The largest absolute Gasteiger partial charge is 0.573 e. The van der Waals surface area contributed by atoms with Crippen molar-refractivity contribution in [3.8, 4) is 5.75 Å². The molecule has 1 aromatic carbocycles. The Hall–Kier alpha value is -1.76. The third-order valence-electron chi connectivity index (χ3n) is 2.27. The van der Waals surface area contributed by atoms with Crippen LogP contribution in [0.15, 0.2) is 24.3 Å². The van der Waals surface area contributed by atoms with E-state index in [1.165, 1.54) is 31.4 Å². The summed E-state index contributed by atoms with van der Waals surface area (Å²) in [7, 11) is 1.40. The second kappa shape index (κ2) is 6.42. The normalized spacial score (nSPS) is 12.9. The lowest BCUT2D eigenvalue weighted by Crippen LogP contribution is -2.29. The predicted molar refractivity (Wildman–Crippen MR) is 61.6 cm³/mol. The van der Waals surface area contributed by atoms with Crippen LogP contribution in [0.2, 0.25) is 0 Å². The zero-order valence-corrected chi connectivity index (χ0v) is 10.5. The van der Waals surface area contributed by atoms with E-state index in [0.29, 0.717) is 5.56 Å². The molecule has 0 spiro atoms. The second-order valence-electron chi connectivity index (χ2n) is 3.84. The van der Waals surface area contributed by atoms with Gasteiger partial charge >= 0.3 is 6.36 Å². The zero-order chi connectivity index (χ0) is 14.5. The number of ether oxygens (including phenoxy) is 2. The number of carbonyl (C=O) groups excluding carboxylic acids is 1. The molecule has 0 saturated carbocycles. The van der Waals surface area contributed by atoms with Crippen LogP contribution in [0.25, 0.3) is 0 Å². The van der Waals surface area contributed by atoms with Crippen molar-refractivity contribution in [1.82, 2.24) is 5.32 Å². The highest BCUT2D eigenvalue weighted by Gasteiger charge is 2.31. The first-order valence-electron chi connectivity index (χ1n) is 5.46. The fourth-order valence-corrected chi connectivity index (χ4v) is 1.46. The Balaban J connectivity index is 2.63. The number of hydrogen-bond acceptors (Lipinski definition) is 3. The molecule has 0 saturated heterocycles. The van der Waals surface area contributed by atoms with Gasteiger partial charge < -0.3 is 14.8 Å². The van der Waals surface area contributed by atoms with Gasteiger partial charge in [0.1, 0.15) is 12.4 Å². The fraction of sp³-hybridized carbons (Fsp3) is 0.417. The summed E-state index contributed by atoms with van der Waals surface area (Å²) in [6.07, 6.45) is -4.71. The first kappa shape index (κ1) is 15.3. The molecule has 1 rings (SSSR count). The van der Waals surface area contributed by atoms with Gasteiger partial charge in [0.05, 0.1) is 6.04 Å². The van der Waals surface area contributed by atoms with Crippen LogP contribution in [0.3, 0.4) is 0 Å². The molecule has 7 heteroatoms. The third-order valence-corrected chi connectivity index (χ3v) is 2.27. The monoisotopic (exact) mass is 277 g/mol. The molecule has 1 aromatic rings. The van der Waals surface area contributed by atoms with Gasteiger partial charge in [-0.05, 0) is 24.6 Å². The number of carbonyl (C=O) groups is 1. The molecule has 4 nitrogen and oxygen atoms in total. The van der Waals surface area contributed by atoms with Gasteiger partial charge in [-0.25, -0.2) is 0 Å². The van der Waals surface area contributed by atoms with E-state index >= 15 is 0 Å². The van der Waals surface area contributed by atoms with Crippen LogP contribution in [0.1, 0.15) is 18.5 Å². The molecule has 0 aromatic heterocycles. The van der Waals surface area contributed by atoms with E-state index < -0.39 is 6.36 Å². The molecule has 1 unspecified atom stereocenters. The smallest absolute Gasteiger partial charge is 0.406 e. The van der Waals surface area contributed by atoms with Gasteiger partial charge in [0.25, 0.3) is 0 Å². The Morgan fingerprint density at radius 2 is 1.89 bits per heavy atom. The maximum absolute atomic E-state index is 12.0. The number of hydrogen-bond donors (Lipinski definition) is 1. The Kier molecular flexibility index (Phi) is 5.17. The summed E-state index contributed by atoms with van der Waals surface area (Å²) < 4.78 is 44.3. The van der Waals surface area contributed by atoms with Gasteiger partial charge in [0, 0.05) is 7.11 Å². The van der Waals surface area contributed by atoms with Crippen LogP contribution in [0.5, 0.6) is 5.75 Å². The summed E-state index contributed by atoms with van der Waals surface area (Å²) in [5.74, 6) is -0.600. The summed E-state index contributed by atoms with van der Waals surface area (Å²) in [5.41, 5.74) is 0.666. The van der Waals surface area contributed by atoms with Crippen molar-refractivity contribution in [2.45, 2.75) is 19.3 Å². The van der Waals surface area contributed by atoms with Crippen LogP contribution in [0.4, 0.5) is 13.2 Å². The number of halogens is 3. The minimum absolute atomic E-state index is 0.0698. The Bertz CT molecular complexity index is 417. The van der Waals surface area contributed by atoms with Crippen molar-refractivity contribution in [3.05, 3.63) is 29.8 Å². The number of nitrogens with one attached hydrogen (secondary N) is 1. The molecule has 0 fully saturated rings. The van der Waals surface area contributed by atoms with Crippen molar-refractivity contribution in [1.29, 1.82) is 0 Å². The SMILES string of the molecule is COCC(=O)NC(C)c1ccc(OC(F)(F)F)cc1. The fourth-order valence-electron chi connectivity index (χ4n) is 1.46. The average Bonchev–Trinajstić information content (AvgIpc) is 2.27. The molecule has 0 aliphatic heterocycles. The van der Waals surface area contributed by atoms with E-state index in [0.717, 1.165) is 0 Å². The molecule has 0 aliphatic carbocycles. The highest BCUT2D eigenvalue weighted by atomic mass is 19.4. The minimum atomic E-state index is -4.71. The summed E-state index contributed by atoms with van der Waals surface area (Å²) in [6, 6.07) is 4.98. The summed E-state index contributed by atoms with van der Waals surface area (Å²) in [4.78, 5) is 11.3. The van der Waals surface area contributed by atoms with E-state index in [1.54, 1.807) is 6.92 Å². The lowest BCUT2D eigenvalue weighted by Gasteiger charge is -2.15. The van der Waals surface area contributed by atoms with Gasteiger partial charge in [0.2, 0.25) is 5.91 Å². The molecule has 0 aliphatic rings. The van der Waals surface area contributed by atoms with Crippen molar-refractivity contribution in [3.63, 3.8) is 0 Å². The second-order valence-corrected chi connectivity index (χ2v) is 3.84. The van der Waals surface area contributed by atoms with Gasteiger partial charge in [-0.2, -0.15) is 0 Å². The lowest BCUT2D eigenvalue weighted by atomic mass is 10.1. The molecule has 106 valence electrons. The predicted octanol–water partition coefficient (Wildman–Crippen LogP) is 2.41. The van der Waals surface area contributed by atoms with Gasteiger partial charge in [-0.15, -0.1) is 13.2 Å². The van der Waals surface area contributed by atoms with Crippen molar-refractivity contribution < 1.29 is 27.4 Å². The number of methoxy groups -OCH3 is 1. The number of amides is 1. The van der Waals surface area contributed by atoms with Crippen LogP contribution >= 0.6 is 0 Å². The molecular weight excluding hydrogens is 263 g/mol. The van der Waals surface area contributed by atoms with Gasteiger partial charge in [-0.1, -0.05) is 12.1 Å². The lowest BCUT2D eigenvalue weighted by molar-refractivity contribution is -0.274. The molecule has 1 N–H and O–H groups in total. The van der Waals surface area contributed by atoms with E-state index in [4.69, 9.17) is 0 Å². The average molecular weight is 277 g/mol. The maximum atomic E-state index is 12.0.